The maximum absolute atomic E-state index is 5.25. The van der Waals surface area contributed by atoms with E-state index >= 15 is 0 Å². The Morgan fingerprint density at radius 2 is 2.29 bits per heavy atom. The topological polar surface area (TPSA) is 21.3 Å². The van der Waals surface area contributed by atoms with Gasteiger partial charge < -0.3 is 10.1 Å². The molecule has 1 fully saturated rings. The molecule has 0 aliphatic carbocycles. The zero-order valence-corrected chi connectivity index (χ0v) is 12.6. The Balaban J connectivity index is 2.05. The standard InChI is InChI=1S/C13H18BrNOS/c1-15-12-8-17-7-10(12)5-9-3-4-13(16-2)11(14)6-9/h3-4,6,10,12,15H,5,7-8H2,1-2H3. The lowest BCUT2D eigenvalue weighted by Crippen LogP contribution is -2.33. The predicted molar refractivity (Wildman–Crippen MR) is 78.1 cm³/mol. The van der Waals surface area contributed by atoms with Crippen molar-refractivity contribution in [3.63, 3.8) is 0 Å². The van der Waals surface area contributed by atoms with Gasteiger partial charge in [0.15, 0.2) is 0 Å². The molecular formula is C13H18BrNOS. The summed E-state index contributed by atoms with van der Waals surface area (Å²) < 4.78 is 6.29. The van der Waals surface area contributed by atoms with Gasteiger partial charge in [0.2, 0.25) is 0 Å². The van der Waals surface area contributed by atoms with Crippen LogP contribution in [0.1, 0.15) is 5.56 Å². The molecule has 2 rings (SSSR count). The van der Waals surface area contributed by atoms with E-state index in [-0.39, 0.29) is 0 Å². The van der Waals surface area contributed by atoms with E-state index in [1.165, 1.54) is 17.1 Å². The molecule has 1 aromatic carbocycles. The lowest BCUT2D eigenvalue weighted by molar-refractivity contribution is 0.411. The second-order valence-electron chi connectivity index (χ2n) is 4.37. The number of rotatable bonds is 4. The molecule has 94 valence electrons. The highest BCUT2D eigenvalue weighted by molar-refractivity contribution is 9.10. The molecule has 1 aliphatic rings. The maximum atomic E-state index is 5.25. The van der Waals surface area contributed by atoms with Gasteiger partial charge in [-0.15, -0.1) is 0 Å². The number of thioether (sulfide) groups is 1. The van der Waals surface area contributed by atoms with Gasteiger partial charge in [-0.25, -0.2) is 0 Å². The Morgan fingerprint density at radius 3 is 2.94 bits per heavy atom. The summed E-state index contributed by atoms with van der Waals surface area (Å²) in [6, 6.07) is 7.03. The molecule has 17 heavy (non-hydrogen) atoms. The normalized spacial score (nSPS) is 23.9. The molecule has 1 aliphatic heterocycles. The first-order chi connectivity index (χ1) is 8.24. The van der Waals surface area contributed by atoms with Crippen LogP contribution in [-0.4, -0.2) is 31.7 Å². The molecule has 0 spiro atoms. The highest BCUT2D eigenvalue weighted by Crippen LogP contribution is 2.30. The smallest absolute Gasteiger partial charge is 0.133 e. The molecule has 1 heterocycles. The van der Waals surface area contributed by atoms with Crippen LogP contribution in [0.4, 0.5) is 0 Å². The molecule has 0 bridgehead atoms. The Hall–Kier alpha value is -0.190. The average Bonchev–Trinajstić information content (AvgIpc) is 2.76. The van der Waals surface area contributed by atoms with Crippen molar-refractivity contribution in [2.24, 2.45) is 5.92 Å². The highest BCUT2D eigenvalue weighted by Gasteiger charge is 2.26. The van der Waals surface area contributed by atoms with Crippen LogP contribution < -0.4 is 10.1 Å². The van der Waals surface area contributed by atoms with Crippen molar-refractivity contribution in [2.75, 3.05) is 25.7 Å². The Bertz CT molecular complexity index is 386. The lowest BCUT2D eigenvalue weighted by atomic mass is 9.95. The number of benzene rings is 1. The third kappa shape index (κ3) is 3.18. The zero-order valence-electron chi connectivity index (χ0n) is 10.2. The van der Waals surface area contributed by atoms with Gasteiger partial charge in [0.25, 0.3) is 0 Å². The summed E-state index contributed by atoms with van der Waals surface area (Å²) >= 11 is 5.59. The average molecular weight is 316 g/mol. The van der Waals surface area contributed by atoms with Crippen molar-refractivity contribution in [1.82, 2.24) is 5.32 Å². The van der Waals surface area contributed by atoms with Gasteiger partial charge in [0, 0.05) is 11.8 Å². The number of ether oxygens (including phenoxy) is 1. The third-order valence-electron chi connectivity index (χ3n) is 3.28. The van der Waals surface area contributed by atoms with Gasteiger partial charge in [-0.05, 0) is 58.8 Å². The summed E-state index contributed by atoms with van der Waals surface area (Å²) in [7, 11) is 3.76. The lowest BCUT2D eigenvalue weighted by Gasteiger charge is -2.18. The van der Waals surface area contributed by atoms with Gasteiger partial charge >= 0.3 is 0 Å². The van der Waals surface area contributed by atoms with E-state index in [1.54, 1.807) is 7.11 Å². The van der Waals surface area contributed by atoms with E-state index in [0.717, 1.165) is 22.6 Å². The first-order valence-corrected chi connectivity index (χ1v) is 7.76. The molecule has 1 N–H and O–H groups in total. The molecular weight excluding hydrogens is 298 g/mol. The molecule has 2 unspecified atom stereocenters. The molecule has 0 amide bonds. The molecule has 4 heteroatoms. The summed E-state index contributed by atoms with van der Waals surface area (Å²) in [5, 5.41) is 3.41. The number of hydrogen-bond donors (Lipinski definition) is 1. The number of hydrogen-bond acceptors (Lipinski definition) is 3. The summed E-state index contributed by atoms with van der Waals surface area (Å²) in [5.74, 6) is 4.14. The SMILES string of the molecule is CNC1CSCC1Cc1ccc(OC)c(Br)c1. The quantitative estimate of drug-likeness (QED) is 0.923. The molecule has 1 aromatic rings. The van der Waals surface area contributed by atoms with Crippen molar-refractivity contribution >= 4 is 27.7 Å². The molecule has 2 nitrogen and oxygen atoms in total. The van der Waals surface area contributed by atoms with E-state index in [9.17, 15) is 0 Å². The van der Waals surface area contributed by atoms with E-state index < -0.39 is 0 Å². The summed E-state index contributed by atoms with van der Waals surface area (Å²) in [6.07, 6.45) is 1.14. The van der Waals surface area contributed by atoms with Gasteiger partial charge in [-0.2, -0.15) is 11.8 Å². The number of methoxy groups -OCH3 is 1. The van der Waals surface area contributed by atoms with E-state index in [2.05, 4.69) is 40.4 Å². The molecule has 0 saturated carbocycles. The van der Waals surface area contributed by atoms with Gasteiger partial charge in [-0.1, -0.05) is 6.07 Å². The van der Waals surface area contributed by atoms with E-state index in [1.807, 2.05) is 17.8 Å². The number of nitrogens with one attached hydrogen (secondary N) is 1. The fraction of sp³-hybridized carbons (Fsp3) is 0.538. The third-order valence-corrected chi connectivity index (χ3v) is 5.16. The summed E-state index contributed by atoms with van der Waals surface area (Å²) in [5.41, 5.74) is 1.38. The van der Waals surface area contributed by atoms with Crippen molar-refractivity contribution in [1.29, 1.82) is 0 Å². The van der Waals surface area contributed by atoms with Crippen LogP contribution in [0.25, 0.3) is 0 Å². The highest BCUT2D eigenvalue weighted by atomic mass is 79.9. The van der Waals surface area contributed by atoms with Gasteiger partial charge in [-0.3, -0.25) is 0 Å². The minimum absolute atomic E-state index is 0.654. The van der Waals surface area contributed by atoms with Crippen LogP contribution in [0.5, 0.6) is 5.75 Å². The molecule has 1 saturated heterocycles. The molecule has 0 aromatic heterocycles. The fourth-order valence-electron chi connectivity index (χ4n) is 2.26. The van der Waals surface area contributed by atoms with Crippen LogP contribution in [0, 0.1) is 5.92 Å². The van der Waals surface area contributed by atoms with E-state index in [4.69, 9.17) is 4.74 Å². The molecule has 0 radical (unpaired) electrons. The Labute approximate surface area is 116 Å². The maximum Gasteiger partial charge on any atom is 0.133 e. The fourth-order valence-corrected chi connectivity index (χ4v) is 4.33. The number of halogens is 1. The summed E-state index contributed by atoms with van der Waals surface area (Å²) in [4.78, 5) is 0. The van der Waals surface area contributed by atoms with Gasteiger partial charge in [0.1, 0.15) is 5.75 Å². The minimum Gasteiger partial charge on any atom is -0.496 e. The van der Waals surface area contributed by atoms with Crippen LogP contribution in [0.15, 0.2) is 22.7 Å². The minimum atomic E-state index is 0.654. The largest absolute Gasteiger partial charge is 0.496 e. The first-order valence-electron chi connectivity index (χ1n) is 5.82. The second kappa shape index (κ2) is 6.12. The Morgan fingerprint density at radius 1 is 1.47 bits per heavy atom. The van der Waals surface area contributed by atoms with Crippen LogP contribution in [0.2, 0.25) is 0 Å². The molecule has 2 atom stereocenters. The monoisotopic (exact) mass is 315 g/mol. The predicted octanol–water partition coefficient (Wildman–Crippen LogP) is 2.95. The van der Waals surface area contributed by atoms with Crippen LogP contribution in [-0.2, 0) is 6.42 Å². The van der Waals surface area contributed by atoms with Crippen LogP contribution in [0.3, 0.4) is 0 Å². The van der Waals surface area contributed by atoms with E-state index in [0.29, 0.717) is 6.04 Å². The van der Waals surface area contributed by atoms with Gasteiger partial charge in [0.05, 0.1) is 11.6 Å². The van der Waals surface area contributed by atoms with Crippen molar-refractivity contribution in [3.8, 4) is 5.75 Å². The zero-order chi connectivity index (χ0) is 12.3. The summed E-state index contributed by atoms with van der Waals surface area (Å²) in [6.45, 7) is 0. The van der Waals surface area contributed by atoms with Crippen LogP contribution >= 0.6 is 27.7 Å². The van der Waals surface area contributed by atoms with Crippen molar-refractivity contribution in [3.05, 3.63) is 28.2 Å². The van der Waals surface area contributed by atoms with Crippen molar-refractivity contribution < 1.29 is 4.74 Å². The van der Waals surface area contributed by atoms with Crippen molar-refractivity contribution in [2.45, 2.75) is 12.5 Å². The Kier molecular flexibility index (Phi) is 4.77. The first kappa shape index (κ1) is 13.2. The second-order valence-corrected chi connectivity index (χ2v) is 6.29.